The third-order valence-electron chi connectivity index (χ3n) is 5.90. The highest BCUT2D eigenvalue weighted by molar-refractivity contribution is 6.02. The second-order valence-corrected chi connectivity index (χ2v) is 7.89. The average Bonchev–Trinajstić information content (AvgIpc) is 3.09. The quantitative estimate of drug-likeness (QED) is 0.524. The zero-order chi connectivity index (χ0) is 20.9. The second-order valence-electron chi connectivity index (χ2n) is 7.89. The smallest absolute Gasteiger partial charge is 0.173 e. The molecule has 154 valence electrons. The SMILES string of the molecule is COc1cc2c(cc1OC)C(=O)C(CCCc1cc[n+](Cc3ccccc3)cc1)C2. The maximum Gasteiger partial charge on any atom is 0.173 e. The predicted octanol–water partition coefficient (Wildman–Crippen LogP) is 4.42. The Bertz CT molecular complexity index is 1010. The predicted molar refractivity (Wildman–Crippen MR) is 116 cm³/mol. The fourth-order valence-electron chi connectivity index (χ4n) is 4.24. The van der Waals surface area contributed by atoms with Crippen molar-refractivity contribution in [1.29, 1.82) is 0 Å². The largest absolute Gasteiger partial charge is 0.493 e. The van der Waals surface area contributed by atoms with E-state index >= 15 is 0 Å². The van der Waals surface area contributed by atoms with E-state index in [9.17, 15) is 4.79 Å². The monoisotopic (exact) mass is 402 g/mol. The fourth-order valence-corrected chi connectivity index (χ4v) is 4.24. The Morgan fingerprint density at radius 1 is 0.933 bits per heavy atom. The molecule has 0 saturated carbocycles. The Morgan fingerprint density at radius 2 is 1.63 bits per heavy atom. The summed E-state index contributed by atoms with van der Waals surface area (Å²) in [5, 5.41) is 0. The van der Waals surface area contributed by atoms with Crippen molar-refractivity contribution in [2.24, 2.45) is 5.92 Å². The van der Waals surface area contributed by atoms with Crippen molar-refractivity contribution in [3.63, 3.8) is 0 Å². The van der Waals surface area contributed by atoms with E-state index in [0.29, 0.717) is 11.5 Å². The minimum Gasteiger partial charge on any atom is -0.493 e. The molecule has 0 aliphatic heterocycles. The first kappa shape index (κ1) is 20.1. The number of nitrogens with zero attached hydrogens (tertiary/aromatic N) is 1. The van der Waals surface area contributed by atoms with Crippen LogP contribution < -0.4 is 14.0 Å². The number of aromatic nitrogens is 1. The number of hydrogen-bond acceptors (Lipinski definition) is 3. The molecule has 1 aromatic heterocycles. The van der Waals surface area contributed by atoms with Gasteiger partial charge in [-0.25, -0.2) is 4.57 Å². The van der Waals surface area contributed by atoms with E-state index in [4.69, 9.17) is 9.47 Å². The van der Waals surface area contributed by atoms with Crippen molar-refractivity contribution in [2.75, 3.05) is 14.2 Å². The summed E-state index contributed by atoms with van der Waals surface area (Å²) in [4.78, 5) is 12.8. The molecular weight excluding hydrogens is 374 g/mol. The molecule has 4 heteroatoms. The van der Waals surface area contributed by atoms with E-state index in [1.807, 2.05) is 18.2 Å². The normalized spacial score (nSPS) is 15.1. The molecule has 0 amide bonds. The Balaban J connectivity index is 1.31. The Labute approximate surface area is 178 Å². The first-order valence-electron chi connectivity index (χ1n) is 10.5. The van der Waals surface area contributed by atoms with E-state index in [1.54, 1.807) is 14.2 Å². The fraction of sp³-hybridized carbons (Fsp3) is 0.308. The Morgan fingerprint density at radius 3 is 2.33 bits per heavy atom. The maximum absolute atomic E-state index is 12.8. The van der Waals surface area contributed by atoms with Crippen molar-refractivity contribution in [3.05, 3.63) is 89.2 Å². The number of methoxy groups -OCH3 is 2. The van der Waals surface area contributed by atoms with Gasteiger partial charge in [-0.05, 0) is 48.9 Å². The summed E-state index contributed by atoms with van der Waals surface area (Å²) in [5.41, 5.74) is 4.47. The van der Waals surface area contributed by atoms with Crippen molar-refractivity contribution < 1.29 is 18.8 Å². The highest BCUT2D eigenvalue weighted by atomic mass is 16.5. The van der Waals surface area contributed by atoms with Crippen LogP contribution in [0, 0.1) is 5.92 Å². The van der Waals surface area contributed by atoms with E-state index in [-0.39, 0.29) is 11.7 Å². The number of ether oxygens (including phenoxy) is 2. The van der Waals surface area contributed by atoms with Gasteiger partial charge in [0.2, 0.25) is 0 Å². The first-order chi connectivity index (χ1) is 14.7. The topological polar surface area (TPSA) is 39.4 Å². The number of Topliss-reactive ketones (excluding diaryl/α,β-unsaturated/α-hetero) is 1. The first-order valence-corrected chi connectivity index (χ1v) is 10.5. The molecule has 0 saturated heterocycles. The number of fused-ring (bicyclic) bond motifs is 1. The van der Waals surface area contributed by atoms with Crippen LogP contribution >= 0.6 is 0 Å². The zero-order valence-corrected chi connectivity index (χ0v) is 17.6. The molecule has 0 bridgehead atoms. The highest BCUT2D eigenvalue weighted by Crippen LogP contribution is 2.38. The third kappa shape index (κ3) is 4.38. The van der Waals surface area contributed by atoms with E-state index in [1.165, 1.54) is 11.1 Å². The van der Waals surface area contributed by atoms with Crippen LogP contribution in [0.15, 0.2) is 67.0 Å². The molecule has 30 heavy (non-hydrogen) atoms. The number of benzene rings is 2. The van der Waals surface area contributed by atoms with Crippen LogP contribution in [0.25, 0.3) is 0 Å². The number of pyridine rings is 1. The molecular formula is C26H28NO3+. The van der Waals surface area contributed by atoms with Crippen LogP contribution in [0.3, 0.4) is 0 Å². The molecule has 4 rings (SSSR count). The lowest BCUT2D eigenvalue weighted by Crippen LogP contribution is -2.33. The Kier molecular flexibility index (Phi) is 6.12. The van der Waals surface area contributed by atoms with Gasteiger partial charge in [-0.15, -0.1) is 0 Å². The molecule has 0 spiro atoms. The molecule has 0 N–H and O–H groups in total. The number of rotatable bonds is 8. The number of ketones is 1. The van der Waals surface area contributed by atoms with Crippen LogP contribution in [0.2, 0.25) is 0 Å². The van der Waals surface area contributed by atoms with Crippen molar-refractivity contribution in [2.45, 2.75) is 32.2 Å². The molecule has 1 aliphatic carbocycles. The molecule has 2 aromatic carbocycles. The van der Waals surface area contributed by atoms with Crippen LogP contribution in [-0.4, -0.2) is 20.0 Å². The van der Waals surface area contributed by atoms with Gasteiger partial charge >= 0.3 is 0 Å². The van der Waals surface area contributed by atoms with Gasteiger partial charge in [-0.1, -0.05) is 30.3 Å². The van der Waals surface area contributed by atoms with Gasteiger partial charge in [0, 0.05) is 29.2 Å². The third-order valence-corrected chi connectivity index (χ3v) is 5.90. The average molecular weight is 403 g/mol. The summed E-state index contributed by atoms with van der Waals surface area (Å²) in [6, 6.07) is 18.6. The summed E-state index contributed by atoms with van der Waals surface area (Å²) in [6.45, 7) is 0.878. The lowest BCUT2D eigenvalue weighted by atomic mass is 9.96. The lowest BCUT2D eigenvalue weighted by Gasteiger charge is -2.09. The summed E-state index contributed by atoms with van der Waals surface area (Å²) >= 11 is 0. The van der Waals surface area contributed by atoms with Crippen molar-refractivity contribution >= 4 is 5.78 Å². The number of carbonyl (C=O) groups excluding carboxylic acids is 1. The minimum atomic E-state index is 0.0588. The van der Waals surface area contributed by atoms with Gasteiger partial charge in [0.1, 0.15) is 0 Å². The zero-order valence-electron chi connectivity index (χ0n) is 17.6. The molecule has 1 aliphatic rings. The summed E-state index contributed by atoms with van der Waals surface area (Å²) < 4.78 is 12.9. The van der Waals surface area contributed by atoms with Crippen LogP contribution in [0.4, 0.5) is 0 Å². The highest BCUT2D eigenvalue weighted by Gasteiger charge is 2.31. The van der Waals surface area contributed by atoms with Crippen molar-refractivity contribution in [3.8, 4) is 11.5 Å². The summed E-state index contributed by atoms with van der Waals surface area (Å²) in [6.07, 6.45) is 7.95. The molecule has 4 nitrogen and oxygen atoms in total. The molecule has 1 heterocycles. The van der Waals surface area contributed by atoms with E-state index in [0.717, 1.165) is 43.4 Å². The molecule has 3 aromatic rings. The molecule has 0 fully saturated rings. The number of carbonyl (C=O) groups is 1. The lowest BCUT2D eigenvalue weighted by molar-refractivity contribution is -0.688. The molecule has 1 unspecified atom stereocenters. The van der Waals surface area contributed by atoms with Gasteiger partial charge in [-0.2, -0.15) is 0 Å². The number of aryl methyl sites for hydroxylation is 1. The van der Waals surface area contributed by atoms with Crippen molar-refractivity contribution in [1.82, 2.24) is 0 Å². The van der Waals surface area contributed by atoms with E-state index in [2.05, 4.69) is 53.4 Å². The van der Waals surface area contributed by atoms with Crippen LogP contribution in [-0.2, 0) is 19.4 Å². The molecule has 0 radical (unpaired) electrons. The van der Waals surface area contributed by atoms with Gasteiger partial charge < -0.3 is 9.47 Å². The van der Waals surface area contributed by atoms with Gasteiger partial charge in [0.25, 0.3) is 0 Å². The maximum atomic E-state index is 12.8. The Hall–Kier alpha value is -3.14. The van der Waals surface area contributed by atoms with Crippen LogP contribution in [0.1, 0.15) is 39.9 Å². The van der Waals surface area contributed by atoms with Gasteiger partial charge in [-0.3, -0.25) is 4.79 Å². The van der Waals surface area contributed by atoms with Crippen LogP contribution in [0.5, 0.6) is 11.5 Å². The standard InChI is InChI=1S/C26H28NO3/c1-29-24-16-22-15-21(26(28)23(22)17-25(24)30-2)10-6-9-19-11-13-27(14-12-19)18-20-7-4-3-5-8-20/h3-5,7-8,11-14,16-17,21H,6,9-10,15,18H2,1-2H3/q+1. The molecule has 1 atom stereocenters. The van der Waals surface area contributed by atoms with Gasteiger partial charge in [0.05, 0.1) is 14.2 Å². The summed E-state index contributed by atoms with van der Waals surface area (Å²) in [7, 11) is 3.23. The van der Waals surface area contributed by atoms with Gasteiger partial charge in [0.15, 0.2) is 36.2 Å². The number of hydrogen-bond donors (Lipinski definition) is 0. The van der Waals surface area contributed by atoms with E-state index < -0.39 is 0 Å². The second kappa shape index (κ2) is 9.12. The minimum absolute atomic E-state index is 0.0588. The summed E-state index contributed by atoms with van der Waals surface area (Å²) in [5.74, 6) is 1.61.